The smallest absolute Gasteiger partial charge is 0.293 e. The molecule has 1 aromatic heterocycles. The number of carbonyl (C=O) groups is 1. The molecule has 0 saturated heterocycles. The molecule has 0 fully saturated rings. The van der Waals surface area contributed by atoms with Crippen LogP contribution in [0.5, 0.6) is 11.7 Å². The van der Waals surface area contributed by atoms with E-state index in [0.29, 0.717) is 16.5 Å². The predicted molar refractivity (Wildman–Crippen MR) is 114 cm³/mol. The fourth-order valence-corrected chi connectivity index (χ4v) is 3.86. The van der Waals surface area contributed by atoms with E-state index in [1.54, 1.807) is 18.2 Å². The molecule has 5 heteroatoms. The van der Waals surface area contributed by atoms with Gasteiger partial charge < -0.3 is 14.3 Å². The molecule has 0 bridgehead atoms. The number of fused-ring (bicyclic) bond motifs is 2. The van der Waals surface area contributed by atoms with Gasteiger partial charge in [-0.1, -0.05) is 18.1 Å². The Hall–Kier alpha value is -2.82. The van der Waals surface area contributed by atoms with E-state index < -0.39 is 5.60 Å². The van der Waals surface area contributed by atoms with Crippen LogP contribution in [0.2, 0.25) is 0 Å². The van der Waals surface area contributed by atoms with Gasteiger partial charge >= 0.3 is 0 Å². The lowest BCUT2D eigenvalue weighted by Crippen LogP contribution is -2.33. The summed E-state index contributed by atoms with van der Waals surface area (Å²) >= 11 is 0. The molecule has 0 saturated carbocycles. The third kappa shape index (κ3) is 4.29. The molecule has 1 aromatic carbocycles. The molecule has 0 unspecified atom stereocenters. The van der Waals surface area contributed by atoms with Gasteiger partial charge in [0.25, 0.3) is 5.95 Å². The van der Waals surface area contributed by atoms with Gasteiger partial charge in [0, 0.05) is 12.0 Å². The van der Waals surface area contributed by atoms with Crippen LogP contribution >= 0.6 is 0 Å². The molecule has 1 aliphatic rings. The summed E-state index contributed by atoms with van der Waals surface area (Å²) in [6.07, 6.45) is 5.63. The van der Waals surface area contributed by atoms with Crippen molar-refractivity contribution in [1.29, 1.82) is 0 Å². The lowest BCUT2D eigenvalue weighted by Gasteiger charge is -2.28. The second kappa shape index (κ2) is 7.90. The Kier molecular flexibility index (Phi) is 5.69. The number of allylic oxidation sites excluding steroid dienone is 4. The van der Waals surface area contributed by atoms with Crippen LogP contribution in [-0.2, 0) is 4.79 Å². The molecule has 0 amide bonds. The van der Waals surface area contributed by atoms with E-state index in [4.69, 9.17) is 9.15 Å². The standard InChI is InChI=1S/C24H28O5/c1-14(2)11-18(26)12-15(3)7-6-10-24(5)16(4)21-22(27)19-9-8-17(25)13-20(19)28-23(21)29-24/h8-9,11-13,16,25H,6-7,10H2,1-5H3/b15-12-/t16-,24+/m1/s1. The molecule has 1 aliphatic heterocycles. The van der Waals surface area contributed by atoms with Crippen LogP contribution in [0.4, 0.5) is 0 Å². The lowest BCUT2D eigenvalue weighted by molar-refractivity contribution is -0.110. The van der Waals surface area contributed by atoms with E-state index in [0.717, 1.165) is 30.4 Å². The first-order valence-corrected chi connectivity index (χ1v) is 9.95. The fraction of sp³-hybridized carbons (Fsp3) is 0.417. The minimum absolute atomic E-state index is 0.0105. The normalized spacial score (nSPS) is 21.0. The number of benzene rings is 1. The van der Waals surface area contributed by atoms with E-state index in [1.165, 1.54) is 12.1 Å². The van der Waals surface area contributed by atoms with Gasteiger partial charge in [-0.15, -0.1) is 0 Å². The summed E-state index contributed by atoms with van der Waals surface area (Å²) in [5, 5.41) is 10.1. The van der Waals surface area contributed by atoms with Crippen LogP contribution in [0, 0.1) is 0 Å². The van der Waals surface area contributed by atoms with E-state index in [9.17, 15) is 14.7 Å². The fourth-order valence-electron chi connectivity index (χ4n) is 3.86. The maximum Gasteiger partial charge on any atom is 0.293 e. The molecule has 0 radical (unpaired) electrons. The highest BCUT2D eigenvalue weighted by Crippen LogP contribution is 2.46. The molecule has 3 rings (SSSR count). The highest BCUT2D eigenvalue weighted by Gasteiger charge is 2.45. The van der Waals surface area contributed by atoms with Crippen LogP contribution in [-0.4, -0.2) is 16.5 Å². The van der Waals surface area contributed by atoms with Crippen LogP contribution in [0.1, 0.15) is 65.4 Å². The third-order valence-electron chi connectivity index (χ3n) is 5.62. The van der Waals surface area contributed by atoms with Crippen molar-refractivity contribution in [3.8, 4) is 11.7 Å². The number of phenolic OH excluding ortho intramolecular Hbond substituents is 1. The number of hydrogen-bond donors (Lipinski definition) is 1. The average molecular weight is 396 g/mol. The molecule has 1 N–H and O–H groups in total. The van der Waals surface area contributed by atoms with E-state index in [-0.39, 0.29) is 28.8 Å². The van der Waals surface area contributed by atoms with Crippen molar-refractivity contribution in [2.24, 2.45) is 0 Å². The molecule has 0 aliphatic carbocycles. The van der Waals surface area contributed by atoms with Crippen LogP contribution < -0.4 is 10.2 Å². The molecule has 2 atom stereocenters. The first-order valence-electron chi connectivity index (χ1n) is 9.95. The largest absolute Gasteiger partial charge is 0.508 e. The SMILES string of the molecule is CC(C)=CC(=O)/C=C(/C)CCC[C@]1(C)Oc2oc3cc(O)ccc3c(=O)c2[C@H]1C. The first-order chi connectivity index (χ1) is 13.6. The molecular weight excluding hydrogens is 368 g/mol. The number of ether oxygens (including phenoxy) is 1. The summed E-state index contributed by atoms with van der Waals surface area (Å²) in [4.78, 5) is 24.8. The Bertz CT molecular complexity index is 1070. The molecule has 0 spiro atoms. The summed E-state index contributed by atoms with van der Waals surface area (Å²) in [6.45, 7) is 9.73. The Labute approximate surface area is 170 Å². The second-order valence-corrected chi connectivity index (χ2v) is 8.42. The Morgan fingerprint density at radius 1 is 1.24 bits per heavy atom. The summed E-state index contributed by atoms with van der Waals surface area (Å²) < 4.78 is 11.9. The second-order valence-electron chi connectivity index (χ2n) is 8.42. The average Bonchev–Trinajstić information content (AvgIpc) is 2.84. The Morgan fingerprint density at radius 3 is 2.66 bits per heavy atom. The van der Waals surface area contributed by atoms with Crippen LogP contribution in [0.3, 0.4) is 0 Å². The zero-order valence-corrected chi connectivity index (χ0v) is 17.7. The number of phenols is 1. The van der Waals surface area contributed by atoms with Gasteiger partial charge in [0.05, 0.1) is 10.9 Å². The number of ketones is 1. The molecule has 154 valence electrons. The van der Waals surface area contributed by atoms with Gasteiger partial charge in [-0.3, -0.25) is 9.59 Å². The molecule has 2 aromatic rings. The van der Waals surface area contributed by atoms with Crippen molar-refractivity contribution in [1.82, 2.24) is 0 Å². The summed E-state index contributed by atoms with van der Waals surface area (Å²) in [5.74, 6) is 0.174. The predicted octanol–water partition coefficient (Wildman–Crippen LogP) is 5.41. The minimum atomic E-state index is -0.561. The van der Waals surface area contributed by atoms with Gasteiger partial charge in [-0.25, -0.2) is 0 Å². The van der Waals surface area contributed by atoms with E-state index in [1.807, 2.05) is 34.6 Å². The Morgan fingerprint density at radius 2 is 1.97 bits per heavy atom. The zero-order chi connectivity index (χ0) is 21.3. The van der Waals surface area contributed by atoms with Crippen LogP contribution in [0.15, 0.2) is 50.7 Å². The molecule has 5 nitrogen and oxygen atoms in total. The maximum atomic E-state index is 12.9. The minimum Gasteiger partial charge on any atom is -0.508 e. The van der Waals surface area contributed by atoms with Crippen molar-refractivity contribution >= 4 is 16.8 Å². The van der Waals surface area contributed by atoms with Crippen LogP contribution in [0.25, 0.3) is 11.0 Å². The van der Waals surface area contributed by atoms with Gasteiger partial charge in [0.1, 0.15) is 16.9 Å². The lowest BCUT2D eigenvalue weighted by atomic mass is 9.83. The quantitative estimate of drug-likeness (QED) is 0.661. The maximum absolute atomic E-state index is 12.9. The third-order valence-corrected chi connectivity index (χ3v) is 5.62. The van der Waals surface area contributed by atoms with Crippen molar-refractivity contribution in [2.45, 2.75) is 65.4 Å². The van der Waals surface area contributed by atoms with Crippen molar-refractivity contribution in [3.63, 3.8) is 0 Å². The van der Waals surface area contributed by atoms with Gasteiger partial charge in [0.15, 0.2) is 11.2 Å². The summed E-state index contributed by atoms with van der Waals surface area (Å²) in [5.41, 5.74) is 2.21. The topological polar surface area (TPSA) is 76.7 Å². The van der Waals surface area contributed by atoms with Gasteiger partial charge in [0.2, 0.25) is 0 Å². The Balaban J connectivity index is 1.76. The summed E-state index contributed by atoms with van der Waals surface area (Å²) in [7, 11) is 0. The number of hydrogen-bond acceptors (Lipinski definition) is 5. The van der Waals surface area contributed by atoms with E-state index in [2.05, 4.69) is 0 Å². The zero-order valence-electron chi connectivity index (χ0n) is 17.7. The molecule has 2 heterocycles. The van der Waals surface area contributed by atoms with Gasteiger partial charge in [-0.2, -0.15) is 0 Å². The highest BCUT2D eigenvalue weighted by molar-refractivity contribution is 6.00. The molecule has 29 heavy (non-hydrogen) atoms. The first kappa shape index (κ1) is 20.9. The van der Waals surface area contributed by atoms with Gasteiger partial charge in [-0.05, 0) is 71.2 Å². The number of aromatic hydroxyl groups is 1. The number of rotatable bonds is 6. The van der Waals surface area contributed by atoms with Crippen molar-refractivity contribution in [3.05, 3.63) is 57.3 Å². The highest BCUT2D eigenvalue weighted by atomic mass is 16.6. The summed E-state index contributed by atoms with van der Waals surface area (Å²) in [6, 6.07) is 4.49. The van der Waals surface area contributed by atoms with Crippen molar-refractivity contribution < 1.29 is 19.1 Å². The monoisotopic (exact) mass is 396 g/mol. The van der Waals surface area contributed by atoms with Crippen molar-refractivity contribution in [2.75, 3.05) is 0 Å². The number of carbonyl (C=O) groups excluding carboxylic acids is 1. The molecular formula is C24H28O5. The van der Waals surface area contributed by atoms with E-state index >= 15 is 0 Å².